The van der Waals surface area contributed by atoms with Gasteiger partial charge >= 0.3 is 6.09 Å². The van der Waals surface area contributed by atoms with Crippen LogP contribution in [0.15, 0.2) is 42.7 Å². The third-order valence-electron chi connectivity index (χ3n) is 5.84. The highest BCUT2D eigenvalue weighted by atomic mass is 16.6. The monoisotopic (exact) mass is 477 g/mol. The molecule has 1 N–H and O–H groups in total. The number of benzene rings is 1. The number of aromatic nitrogens is 3. The molecule has 1 amide bonds. The molecule has 0 spiro atoms. The van der Waals surface area contributed by atoms with E-state index >= 15 is 0 Å². The molecule has 8 nitrogen and oxygen atoms in total. The Balaban J connectivity index is 1.56. The molecule has 1 saturated heterocycles. The van der Waals surface area contributed by atoms with Gasteiger partial charge in [0.15, 0.2) is 5.82 Å². The third-order valence-corrected chi connectivity index (χ3v) is 5.84. The first-order valence-corrected chi connectivity index (χ1v) is 12.4. The molecular formula is C27H35N5O3. The Morgan fingerprint density at radius 3 is 2.80 bits per heavy atom. The number of nitrogens with one attached hydrogen (secondary N) is 1. The molecule has 1 aromatic carbocycles. The second kappa shape index (κ2) is 10.9. The van der Waals surface area contributed by atoms with Crippen molar-refractivity contribution < 1.29 is 14.3 Å². The predicted octanol–water partition coefficient (Wildman–Crippen LogP) is 5.36. The van der Waals surface area contributed by atoms with Crippen molar-refractivity contribution in [3.05, 3.63) is 42.7 Å². The van der Waals surface area contributed by atoms with Gasteiger partial charge in [0.1, 0.15) is 5.60 Å². The van der Waals surface area contributed by atoms with Crippen molar-refractivity contribution in [2.75, 3.05) is 24.6 Å². The Hall–Kier alpha value is -3.42. The van der Waals surface area contributed by atoms with Gasteiger partial charge in [0.2, 0.25) is 5.88 Å². The second-order valence-electron chi connectivity index (χ2n) is 9.91. The molecule has 1 aliphatic rings. The molecule has 0 unspecified atom stereocenters. The maximum Gasteiger partial charge on any atom is 0.407 e. The number of carbonyl (C=O) groups excluding carboxylic acids is 1. The number of piperidine rings is 1. The molecular weight excluding hydrogens is 442 g/mol. The lowest BCUT2D eigenvalue weighted by atomic mass is 10.0. The van der Waals surface area contributed by atoms with Crippen molar-refractivity contribution >= 4 is 22.7 Å². The smallest absolute Gasteiger partial charge is 0.407 e. The molecule has 2 aromatic heterocycles. The average Bonchev–Trinajstić information content (AvgIpc) is 2.82. The normalized spacial score (nSPS) is 16.2. The minimum Gasteiger partial charge on any atom is -0.478 e. The van der Waals surface area contributed by atoms with Gasteiger partial charge in [0.05, 0.1) is 12.1 Å². The van der Waals surface area contributed by atoms with Crippen LogP contribution in [0.2, 0.25) is 0 Å². The number of anilines is 1. The predicted molar refractivity (Wildman–Crippen MR) is 138 cm³/mol. The lowest BCUT2D eigenvalue weighted by Crippen LogP contribution is -2.49. The number of nitrogens with zero attached hydrogens (tertiary/aromatic N) is 4. The van der Waals surface area contributed by atoms with Gasteiger partial charge in [-0.1, -0.05) is 13.3 Å². The SMILES string of the molecule is CCCCOc1ccnc(-c2ccc3nccc(N4CCC[C@H](NC(=O)OC(C)(C)C)C4)c3c2)n1. The van der Waals surface area contributed by atoms with Crippen molar-refractivity contribution in [3.8, 4) is 17.3 Å². The summed E-state index contributed by atoms with van der Waals surface area (Å²) in [6.45, 7) is 10.0. The van der Waals surface area contributed by atoms with Crippen LogP contribution < -0.4 is 15.0 Å². The van der Waals surface area contributed by atoms with Crippen LogP contribution in [0.25, 0.3) is 22.3 Å². The molecule has 186 valence electrons. The summed E-state index contributed by atoms with van der Waals surface area (Å²) in [4.78, 5) is 28.3. The summed E-state index contributed by atoms with van der Waals surface area (Å²) in [6.07, 6.45) is 7.15. The Bertz CT molecular complexity index is 1160. The van der Waals surface area contributed by atoms with Crippen molar-refractivity contribution in [2.45, 2.75) is 65.0 Å². The number of rotatable bonds is 7. The molecule has 0 aliphatic carbocycles. The van der Waals surface area contributed by atoms with E-state index < -0.39 is 5.60 Å². The van der Waals surface area contributed by atoms with E-state index in [1.165, 1.54) is 0 Å². The van der Waals surface area contributed by atoms with Gasteiger partial charge in [-0.25, -0.2) is 9.78 Å². The zero-order valence-electron chi connectivity index (χ0n) is 21.1. The lowest BCUT2D eigenvalue weighted by Gasteiger charge is -2.35. The number of amides is 1. The molecule has 0 saturated carbocycles. The first kappa shape index (κ1) is 24.7. The Morgan fingerprint density at radius 1 is 1.17 bits per heavy atom. The Kier molecular flexibility index (Phi) is 7.68. The van der Waals surface area contributed by atoms with Gasteiger partial charge in [-0.3, -0.25) is 4.98 Å². The average molecular weight is 478 g/mol. The van der Waals surface area contributed by atoms with E-state index in [1.54, 1.807) is 12.3 Å². The first-order valence-electron chi connectivity index (χ1n) is 12.4. The maximum absolute atomic E-state index is 12.3. The molecule has 4 rings (SSSR count). The molecule has 35 heavy (non-hydrogen) atoms. The second-order valence-corrected chi connectivity index (χ2v) is 9.91. The van der Waals surface area contributed by atoms with Gasteiger partial charge in [-0.2, -0.15) is 4.98 Å². The molecule has 0 bridgehead atoms. The minimum atomic E-state index is -0.517. The fourth-order valence-electron chi connectivity index (χ4n) is 4.22. The number of unbranched alkanes of at least 4 members (excludes halogenated alkanes) is 1. The number of carbonyl (C=O) groups is 1. The van der Waals surface area contributed by atoms with Crippen molar-refractivity contribution in [1.29, 1.82) is 0 Å². The number of fused-ring (bicyclic) bond motifs is 1. The van der Waals surface area contributed by atoms with Crippen LogP contribution in [0.4, 0.5) is 10.5 Å². The zero-order chi connectivity index (χ0) is 24.8. The number of hydrogen-bond donors (Lipinski definition) is 1. The van der Waals surface area contributed by atoms with Crippen LogP contribution in [-0.2, 0) is 4.74 Å². The van der Waals surface area contributed by atoms with E-state index in [2.05, 4.69) is 38.2 Å². The van der Waals surface area contributed by atoms with Crippen LogP contribution >= 0.6 is 0 Å². The van der Waals surface area contributed by atoms with Gasteiger partial charge in [-0.05, 0) is 64.3 Å². The highest BCUT2D eigenvalue weighted by Crippen LogP contribution is 2.31. The summed E-state index contributed by atoms with van der Waals surface area (Å²) in [6, 6.07) is 9.93. The summed E-state index contributed by atoms with van der Waals surface area (Å²) in [5, 5.41) is 4.07. The standard InChI is InChI=1S/C27H35N5O3/c1-5-6-16-34-24-12-14-29-25(31-24)19-9-10-22-21(17-19)23(11-13-28-22)32-15-7-8-20(18-32)30-26(33)35-27(2,3)4/h9-14,17,20H,5-8,15-16,18H2,1-4H3,(H,30,33)/t20-/m0/s1. The molecule has 1 atom stereocenters. The highest BCUT2D eigenvalue weighted by molar-refractivity contribution is 5.94. The minimum absolute atomic E-state index is 0.0188. The van der Waals surface area contributed by atoms with Crippen LogP contribution in [0.1, 0.15) is 53.4 Å². The fraction of sp³-hybridized carbons (Fsp3) is 0.481. The van der Waals surface area contributed by atoms with Gasteiger partial charge < -0.3 is 19.7 Å². The largest absolute Gasteiger partial charge is 0.478 e. The van der Waals surface area contributed by atoms with E-state index in [1.807, 2.05) is 45.2 Å². The van der Waals surface area contributed by atoms with Crippen molar-refractivity contribution in [1.82, 2.24) is 20.3 Å². The summed E-state index contributed by atoms with van der Waals surface area (Å²) >= 11 is 0. The first-order chi connectivity index (χ1) is 16.8. The fourth-order valence-corrected chi connectivity index (χ4v) is 4.22. The number of hydrogen-bond acceptors (Lipinski definition) is 7. The summed E-state index contributed by atoms with van der Waals surface area (Å²) in [7, 11) is 0. The van der Waals surface area contributed by atoms with E-state index in [9.17, 15) is 4.79 Å². The summed E-state index contributed by atoms with van der Waals surface area (Å²) in [5.41, 5.74) is 2.39. The van der Waals surface area contributed by atoms with Gasteiger partial charge in [0.25, 0.3) is 0 Å². The van der Waals surface area contributed by atoms with Crippen LogP contribution in [0, 0.1) is 0 Å². The molecule has 8 heteroatoms. The molecule has 1 fully saturated rings. The van der Waals surface area contributed by atoms with Gasteiger partial charge in [-0.15, -0.1) is 0 Å². The summed E-state index contributed by atoms with van der Waals surface area (Å²) in [5.74, 6) is 1.21. The third kappa shape index (κ3) is 6.59. The lowest BCUT2D eigenvalue weighted by molar-refractivity contribution is 0.0500. The van der Waals surface area contributed by atoms with Crippen molar-refractivity contribution in [2.24, 2.45) is 0 Å². The highest BCUT2D eigenvalue weighted by Gasteiger charge is 2.25. The number of ether oxygens (including phenoxy) is 2. The quantitative estimate of drug-likeness (QED) is 0.458. The maximum atomic E-state index is 12.3. The molecule has 1 aliphatic heterocycles. The molecule has 3 aromatic rings. The van der Waals surface area contributed by atoms with E-state index in [0.29, 0.717) is 24.9 Å². The topological polar surface area (TPSA) is 89.5 Å². The van der Waals surface area contributed by atoms with Crippen LogP contribution in [0.5, 0.6) is 5.88 Å². The Labute approximate surface area is 207 Å². The number of alkyl carbamates (subject to hydrolysis) is 1. The zero-order valence-corrected chi connectivity index (χ0v) is 21.1. The number of pyridine rings is 1. The van der Waals surface area contributed by atoms with Gasteiger partial charge in [0, 0.05) is 54.2 Å². The summed E-state index contributed by atoms with van der Waals surface area (Å²) < 4.78 is 11.2. The van der Waals surface area contributed by atoms with Crippen LogP contribution in [0.3, 0.4) is 0 Å². The van der Waals surface area contributed by atoms with E-state index in [-0.39, 0.29) is 12.1 Å². The van der Waals surface area contributed by atoms with E-state index in [4.69, 9.17) is 9.47 Å². The molecule has 3 heterocycles. The Morgan fingerprint density at radius 2 is 2.00 bits per heavy atom. The molecule has 0 radical (unpaired) electrons. The van der Waals surface area contributed by atoms with E-state index in [0.717, 1.165) is 54.4 Å². The van der Waals surface area contributed by atoms with Crippen LogP contribution in [-0.4, -0.2) is 52.4 Å². The van der Waals surface area contributed by atoms with Crippen molar-refractivity contribution in [3.63, 3.8) is 0 Å².